The minimum Gasteiger partial charge on any atom is -0.376 e. The molecule has 0 fully saturated rings. The molecule has 98 valence electrons. The first kappa shape index (κ1) is 15.9. The van der Waals surface area contributed by atoms with Crippen molar-refractivity contribution in [1.29, 1.82) is 0 Å². The minimum absolute atomic E-state index is 0.294. The van der Waals surface area contributed by atoms with E-state index in [1.165, 1.54) is 0 Å². The Balaban J connectivity index is 3.44. The third-order valence-electron chi connectivity index (χ3n) is 2.27. The van der Waals surface area contributed by atoms with Crippen molar-refractivity contribution in [2.75, 3.05) is 26.3 Å². The first-order chi connectivity index (χ1) is 7.56. The molecule has 0 aromatic rings. The second-order valence-electron chi connectivity index (χ2n) is 4.87. The van der Waals surface area contributed by atoms with Crippen molar-refractivity contribution in [3.8, 4) is 0 Å². The second-order valence-corrected chi connectivity index (χ2v) is 4.87. The summed E-state index contributed by atoms with van der Waals surface area (Å²) in [6.45, 7) is 14.1. The van der Waals surface area contributed by atoms with Crippen LogP contribution in [0.15, 0.2) is 0 Å². The second kappa shape index (κ2) is 10.1. The Kier molecular flexibility index (Phi) is 9.99. The molecule has 0 aliphatic carbocycles. The van der Waals surface area contributed by atoms with Gasteiger partial charge in [-0.05, 0) is 32.7 Å². The molecule has 3 nitrogen and oxygen atoms in total. The van der Waals surface area contributed by atoms with Gasteiger partial charge in [0.15, 0.2) is 0 Å². The number of ether oxygens (including phenoxy) is 2. The van der Waals surface area contributed by atoms with Crippen LogP contribution in [0, 0.1) is 5.92 Å². The van der Waals surface area contributed by atoms with Gasteiger partial charge in [0.05, 0.1) is 25.4 Å². The molecule has 0 aromatic carbocycles. The van der Waals surface area contributed by atoms with Gasteiger partial charge in [0, 0.05) is 6.54 Å². The van der Waals surface area contributed by atoms with Crippen LogP contribution in [-0.2, 0) is 9.47 Å². The van der Waals surface area contributed by atoms with E-state index in [0.717, 1.165) is 19.5 Å². The van der Waals surface area contributed by atoms with E-state index >= 15 is 0 Å². The lowest BCUT2D eigenvalue weighted by Crippen LogP contribution is -2.32. The van der Waals surface area contributed by atoms with Gasteiger partial charge in [-0.1, -0.05) is 20.8 Å². The molecule has 3 heteroatoms. The van der Waals surface area contributed by atoms with E-state index in [1.54, 1.807) is 0 Å². The predicted octanol–water partition coefficient (Wildman–Crippen LogP) is 2.45. The maximum atomic E-state index is 5.74. The highest BCUT2D eigenvalue weighted by molar-refractivity contribution is 4.61. The van der Waals surface area contributed by atoms with E-state index in [4.69, 9.17) is 9.47 Å². The Bertz CT molecular complexity index is 149. The molecule has 1 atom stereocenters. The number of hydrogen-bond acceptors (Lipinski definition) is 3. The Hall–Kier alpha value is -0.120. The van der Waals surface area contributed by atoms with Gasteiger partial charge in [0.1, 0.15) is 0 Å². The van der Waals surface area contributed by atoms with Crippen molar-refractivity contribution >= 4 is 0 Å². The summed E-state index contributed by atoms with van der Waals surface area (Å²) < 4.78 is 11.2. The van der Waals surface area contributed by atoms with Gasteiger partial charge in [-0.15, -0.1) is 0 Å². The molecule has 0 rings (SSSR count). The lowest BCUT2D eigenvalue weighted by Gasteiger charge is -2.18. The Labute approximate surface area is 101 Å². The third-order valence-corrected chi connectivity index (χ3v) is 2.27. The lowest BCUT2D eigenvalue weighted by molar-refractivity contribution is -0.0131. The predicted molar refractivity (Wildman–Crippen MR) is 68.8 cm³/mol. The van der Waals surface area contributed by atoms with Crippen LogP contribution >= 0.6 is 0 Å². The molecule has 0 radical (unpaired) electrons. The first-order valence-electron chi connectivity index (χ1n) is 6.50. The van der Waals surface area contributed by atoms with Crippen LogP contribution in [0.5, 0.6) is 0 Å². The van der Waals surface area contributed by atoms with Crippen LogP contribution in [0.25, 0.3) is 0 Å². The summed E-state index contributed by atoms with van der Waals surface area (Å²) in [5.74, 6) is 0.696. The van der Waals surface area contributed by atoms with Crippen LogP contribution < -0.4 is 5.32 Å². The molecule has 0 saturated heterocycles. The zero-order valence-corrected chi connectivity index (χ0v) is 11.6. The highest BCUT2D eigenvalue weighted by atomic mass is 16.5. The fraction of sp³-hybridized carbons (Fsp3) is 1.00. The average Bonchev–Trinajstić information content (AvgIpc) is 2.20. The molecule has 1 unspecified atom stereocenters. The fourth-order valence-electron chi connectivity index (χ4n) is 1.35. The topological polar surface area (TPSA) is 30.5 Å². The molecule has 0 aromatic heterocycles. The van der Waals surface area contributed by atoms with Gasteiger partial charge in [-0.3, -0.25) is 0 Å². The molecule has 16 heavy (non-hydrogen) atoms. The maximum Gasteiger partial charge on any atom is 0.0705 e. The monoisotopic (exact) mass is 231 g/mol. The summed E-state index contributed by atoms with van der Waals surface area (Å²) >= 11 is 0. The van der Waals surface area contributed by atoms with Crippen molar-refractivity contribution < 1.29 is 9.47 Å². The van der Waals surface area contributed by atoms with Crippen molar-refractivity contribution in [2.45, 2.75) is 53.2 Å². The van der Waals surface area contributed by atoms with Crippen molar-refractivity contribution in [1.82, 2.24) is 5.32 Å². The molecule has 0 saturated carbocycles. The largest absolute Gasteiger partial charge is 0.376 e. The van der Waals surface area contributed by atoms with Gasteiger partial charge >= 0.3 is 0 Å². The summed E-state index contributed by atoms with van der Waals surface area (Å²) in [6, 6.07) is 0. The fourth-order valence-corrected chi connectivity index (χ4v) is 1.35. The van der Waals surface area contributed by atoms with E-state index in [9.17, 15) is 0 Å². The Morgan fingerprint density at radius 1 is 0.938 bits per heavy atom. The van der Waals surface area contributed by atoms with Gasteiger partial charge in [-0.25, -0.2) is 0 Å². The van der Waals surface area contributed by atoms with E-state index in [-0.39, 0.29) is 0 Å². The normalized spacial score (nSPS) is 13.7. The maximum absolute atomic E-state index is 5.74. The number of rotatable bonds is 10. The third kappa shape index (κ3) is 10.4. The Morgan fingerprint density at radius 3 is 2.06 bits per heavy atom. The van der Waals surface area contributed by atoms with Crippen molar-refractivity contribution in [3.63, 3.8) is 0 Å². The zero-order valence-electron chi connectivity index (χ0n) is 11.6. The molecular formula is C13H29NO2. The van der Waals surface area contributed by atoms with E-state index in [2.05, 4.69) is 26.1 Å². The molecule has 0 aliphatic rings. The summed E-state index contributed by atoms with van der Waals surface area (Å²) in [5, 5.41) is 3.42. The minimum atomic E-state index is 0.294. The molecule has 0 heterocycles. The standard InChI is InChI=1S/C13H29NO2/c1-6-13(10-14-9-11(2)3)16-8-7-15-12(4)5/h11-14H,6-10H2,1-5H3. The lowest BCUT2D eigenvalue weighted by atomic mass is 10.2. The van der Waals surface area contributed by atoms with E-state index in [0.29, 0.717) is 31.3 Å². The molecule has 0 spiro atoms. The molecule has 0 aliphatic heterocycles. The smallest absolute Gasteiger partial charge is 0.0705 e. The summed E-state index contributed by atoms with van der Waals surface area (Å²) in [6.07, 6.45) is 1.66. The summed E-state index contributed by atoms with van der Waals surface area (Å²) in [7, 11) is 0. The average molecular weight is 231 g/mol. The van der Waals surface area contributed by atoms with Crippen molar-refractivity contribution in [3.05, 3.63) is 0 Å². The highest BCUT2D eigenvalue weighted by Gasteiger charge is 2.06. The van der Waals surface area contributed by atoms with Gasteiger partial charge in [-0.2, -0.15) is 0 Å². The first-order valence-corrected chi connectivity index (χ1v) is 6.50. The van der Waals surface area contributed by atoms with Gasteiger partial charge < -0.3 is 14.8 Å². The quantitative estimate of drug-likeness (QED) is 0.586. The molecular weight excluding hydrogens is 202 g/mol. The van der Waals surface area contributed by atoms with Crippen LogP contribution in [0.1, 0.15) is 41.0 Å². The SMILES string of the molecule is CCC(CNCC(C)C)OCCOC(C)C. The molecule has 0 bridgehead atoms. The van der Waals surface area contributed by atoms with Crippen LogP contribution in [0.2, 0.25) is 0 Å². The van der Waals surface area contributed by atoms with E-state index < -0.39 is 0 Å². The van der Waals surface area contributed by atoms with Gasteiger partial charge in [0.2, 0.25) is 0 Å². The van der Waals surface area contributed by atoms with Crippen LogP contribution in [0.3, 0.4) is 0 Å². The van der Waals surface area contributed by atoms with Gasteiger partial charge in [0.25, 0.3) is 0 Å². The number of nitrogens with one attached hydrogen (secondary N) is 1. The number of hydrogen-bond donors (Lipinski definition) is 1. The van der Waals surface area contributed by atoms with E-state index in [1.807, 2.05) is 13.8 Å². The molecule has 1 N–H and O–H groups in total. The Morgan fingerprint density at radius 2 is 1.56 bits per heavy atom. The van der Waals surface area contributed by atoms with Crippen LogP contribution in [0.4, 0.5) is 0 Å². The molecule has 0 amide bonds. The summed E-state index contributed by atoms with van der Waals surface area (Å²) in [5.41, 5.74) is 0. The van der Waals surface area contributed by atoms with Crippen molar-refractivity contribution in [2.24, 2.45) is 5.92 Å². The summed E-state index contributed by atoms with van der Waals surface area (Å²) in [4.78, 5) is 0. The highest BCUT2D eigenvalue weighted by Crippen LogP contribution is 1.98. The van der Waals surface area contributed by atoms with Crippen LogP contribution in [-0.4, -0.2) is 38.5 Å². The zero-order chi connectivity index (χ0) is 12.4.